The summed E-state index contributed by atoms with van der Waals surface area (Å²) in [5.74, 6) is 0. The van der Waals surface area contributed by atoms with E-state index in [2.05, 4.69) is 0 Å². The summed E-state index contributed by atoms with van der Waals surface area (Å²) in [5.41, 5.74) is 11.5. The van der Waals surface area contributed by atoms with E-state index in [4.69, 9.17) is 11.5 Å². The predicted molar refractivity (Wildman–Crippen MR) is 178 cm³/mol. The summed E-state index contributed by atoms with van der Waals surface area (Å²) in [6.07, 6.45) is 0. The molecule has 7 rings (SSSR count). The van der Waals surface area contributed by atoms with Crippen molar-refractivity contribution in [3.63, 3.8) is 0 Å². The standard InChI is InChI=1S/C34H22N4O4S2/c35-19-1-9-23(10-2-19)43-25-13-5-21(6-14-25)37-31(39)27-17-29-30(18-28(27)32(37)40)34(42)38(33(29)41)22-7-15-26(16-8-22)44-24-11-3-20(36)4-12-24/h1-18H,35-36H2. The van der Waals surface area contributed by atoms with Gasteiger partial charge < -0.3 is 11.5 Å². The molecule has 0 aliphatic heterocycles. The Balaban J connectivity index is 1.23. The molecule has 0 saturated heterocycles. The molecular formula is C34H22N4O4S2. The zero-order valence-corrected chi connectivity index (χ0v) is 24.5. The highest BCUT2D eigenvalue weighted by molar-refractivity contribution is 7.99. The van der Waals surface area contributed by atoms with Crippen LogP contribution in [0.4, 0.5) is 11.4 Å². The highest BCUT2D eigenvalue weighted by Gasteiger charge is 2.21. The molecule has 7 aromatic rings. The maximum atomic E-state index is 13.4. The molecule has 44 heavy (non-hydrogen) atoms. The van der Waals surface area contributed by atoms with Gasteiger partial charge in [0, 0.05) is 31.0 Å². The van der Waals surface area contributed by atoms with Crippen molar-refractivity contribution in [1.82, 2.24) is 9.13 Å². The molecule has 5 aromatic carbocycles. The van der Waals surface area contributed by atoms with Gasteiger partial charge in [0.15, 0.2) is 0 Å². The molecule has 0 aliphatic rings. The number of aromatic nitrogens is 2. The van der Waals surface area contributed by atoms with Crippen LogP contribution in [0.1, 0.15) is 0 Å². The van der Waals surface area contributed by atoms with Gasteiger partial charge in [-0.25, -0.2) is 9.13 Å². The van der Waals surface area contributed by atoms with Crippen LogP contribution in [0.25, 0.3) is 32.9 Å². The van der Waals surface area contributed by atoms with E-state index < -0.39 is 22.2 Å². The Morgan fingerprint density at radius 1 is 0.386 bits per heavy atom. The molecule has 214 valence electrons. The van der Waals surface area contributed by atoms with Crippen molar-refractivity contribution >= 4 is 56.4 Å². The number of hydrogen-bond acceptors (Lipinski definition) is 8. The van der Waals surface area contributed by atoms with E-state index in [0.29, 0.717) is 22.7 Å². The first-order valence-corrected chi connectivity index (χ1v) is 15.1. The zero-order chi connectivity index (χ0) is 30.5. The quantitative estimate of drug-likeness (QED) is 0.240. The van der Waals surface area contributed by atoms with Gasteiger partial charge in [-0.3, -0.25) is 19.2 Å². The van der Waals surface area contributed by atoms with Crippen LogP contribution in [0.2, 0.25) is 0 Å². The number of benzene rings is 5. The fraction of sp³-hybridized carbons (Fsp3) is 0. The van der Waals surface area contributed by atoms with E-state index in [1.165, 1.54) is 35.7 Å². The maximum Gasteiger partial charge on any atom is 0.266 e. The molecule has 4 N–H and O–H groups in total. The summed E-state index contributed by atoms with van der Waals surface area (Å²) >= 11 is 3.04. The number of fused-ring (bicyclic) bond motifs is 2. The molecule has 0 saturated carbocycles. The van der Waals surface area contributed by atoms with Gasteiger partial charge in [0.25, 0.3) is 22.2 Å². The van der Waals surface area contributed by atoms with E-state index in [1.54, 1.807) is 24.3 Å². The maximum absolute atomic E-state index is 13.4. The van der Waals surface area contributed by atoms with Crippen LogP contribution in [0.15, 0.2) is 148 Å². The van der Waals surface area contributed by atoms with Gasteiger partial charge in [-0.1, -0.05) is 23.5 Å². The average molecular weight is 615 g/mol. The lowest BCUT2D eigenvalue weighted by molar-refractivity contribution is 0.985. The van der Waals surface area contributed by atoms with Crippen LogP contribution in [-0.2, 0) is 0 Å². The fourth-order valence-electron chi connectivity index (χ4n) is 5.11. The third-order valence-electron chi connectivity index (χ3n) is 7.31. The Morgan fingerprint density at radius 2 is 0.636 bits per heavy atom. The van der Waals surface area contributed by atoms with E-state index in [1.807, 2.05) is 72.8 Å². The first-order chi connectivity index (χ1) is 21.3. The van der Waals surface area contributed by atoms with E-state index >= 15 is 0 Å². The Kier molecular flexibility index (Phi) is 6.72. The molecule has 0 radical (unpaired) electrons. The highest BCUT2D eigenvalue weighted by Crippen LogP contribution is 2.30. The molecular weight excluding hydrogens is 593 g/mol. The second-order valence-corrected chi connectivity index (χ2v) is 12.5. The average Bonchev–Trinajstić information content (AvgIpc) is 3.43. The predicted octanol–water partition coefficient (Wildman–Crippen LogP) is 5.36. The fourth-order valence-corrected chi connectivity index (χ4v) is 6.75. The Bertz CT molecular complexity index is 2160. The lowest BCUT2D eigenvalue weighted by Crippen LogP contribution is -2.24. The lowest BCUT2D eigenvalue weighted by atomic mass is 10.1. The van der Waals surface area contributed by atoms with E-state index in [-0.39, 0.29) is 21.5 Å². The molecule has 2 heterocycles. The van der Waals surface area contributed by atoms with Crippen molar-refractivity contribution in [2.75, 3.05) is 11.5 Å². The zero-order valence-electron chi connectivity index (χ0n) is 22.9. The second kappa shape index (κ2) is 10.7. The van der Waals surface area contributed by atoms with Crippen LogP contribution >= 0.6 is 23.5 Å². The monoisotopic (exact) mass is 614 g/mol. The van der Waals surface area contributed by atoms with E-state index in [0.717, 1.165) is 28.7 Å². The molecule has 0 amide bonds. The van der Waals surface area contributed by atoms with Gasteiger partial charge in [0.05, 0.1) is 32.9 Å². The Morgan fingerprint density at radius 3 is 0.909 bits per heavy atom. The number of nitrogens with two attached hydrogens (primary N) is 2. The van der Waals surface area contributed by atoms with Crippen molar-refractivity contribution in [3.05, 3.63) is 151 Å². The first kappa shape index (κ1) is 27.5. The van der Waals surface area contributed by atoms with Crippen molar-refractivity contribution in [2.24, 2.45) is 0 Å². The molecule has 0 fully saturated rings. The number of nitrogen functional groups attached to an aromatic ring is 2. The highest BCUT2D eigenvalue weighted by atomic mass is 32.2. The van der Waals surface area contributed by atoms with Crippen LogP contribution in [0, 0.1) is 0 Å². The van der Waals surface area contributed by atoms with Crippen LogP contribution < -0.4 is 33.7 Å². The summed E-state index contributed by atoms with van der Waals surface area (Å²) in [4.78, 5) is 57.6. The summed E-state index contributed by atoms with van der Waals surface area (Å²) in [5, 5.41) is 0.360. The third-order valence-corrected chi connectivity index (χ3v) is 9.34. The molecule has 0 bridgehead atoms. The number of hydrogen-bond donors (Lipinski definition) is 2. The molecule has 8 nitrogen and oxygen atoms in total. The minimum Gasteiger partial charge on any atom is -0.399 e. The van der Waals surface area contributed by atoms with Gasteiger partial charge in [0.2, 0.25) is 0 Å². The van der Waals surface area contributed by atoms with Gasteiger partial charge in [0.1, 0.15) is 0 Å². The normalized spacial score (nSPS) is 11.5. The number of anilines is 2. The Labute approximate surface area is 257 Å². The molecule has 2 aromatic heterocycles. The number of rotatable bonds is 6. The van der Waals surface area contributed by atoms with Gasteiger partial charge in [-0.2, -0.15) is 0 Å². The van der Waals surface area contributed by atoms with Crippen LogP contribution in [-0.4, -0.2) is 9.13 Å². The summed E-state index contributed by atoms with van der Waals surface area (Å²) < 4.78 is 2.14. The topological polar surface area (TPSA) is 130 Å². The molecule has 10 heteroatoms. The van der Waals surface area contributed by atoms with Gasteiger partial charge in [-0.05, 0) is 109 Å². The van der Waals surface area contributed by atoms with Crippen molar-refractivity contribution < 1.29 is 0 Å². The van der Waals surface area contributed by atoms with Crippen molar-refractivity contribution in [1.29, 1.82) is 0 Å². The molecule has 0 atom stereocenters. The first-order valence-electron chi connectivity index (χ1n) is 13.5. The minimum absolute atomic E-state index is 0.0901. The van der Waals surface area contributed by atoms with Gasteiger partial charge >= 0.3 is 0 Å². The summed E-state index contributed by atoms with van der Waals surface area (Å²) in [7, 11) is 0. The summed E-state index contributed by atoms with van der Waals surface area (Å²) in [6.45, 7) is 0. The third kappa shape index (κ3) is 4.80. The second-order valence-electron chi connectivity index (χ2n) is 10.2. The van der Waals surface area contributed by atoms with Crippen molar-refractivity contribution in [2.45, 2.75) is 19.6 Å². The molecule has 0 unspecified atom stereocenters. The minimum atomic E-state index is -0.547. The SMILES string of the molecule is Nc1ccc(Sc2ccc(-n3c(=O)c4cc5c(=O)n(-c6ccc(Sc7ccc(N)cc7)cc6)c(=O)c5cc4c3=O)cc2)cc1. The molecule has 0 spiro atoms. The lowest BCUT2D eigenvalue weighted by Gasteiger charge is -2.05. The van der Waals surface area contributed by atoms with Crippen LogP contribution in [0.3, 0.4) is 0 Å². The Hall–Kier alpha value is -5.32. The number of nitrogens with zero attached hydrogens (tertiary/aromatic N) is 2. The summed E-state index contributed by atoms with van der Waals surface area (Å²) in [6, 6.07) is 31.7. The van der Waals surface area contributed by atoms with E-state index in [9.17, 15) is 19.2 Å². The molecule has 0 aliphatic carbocycles. The smallest absolute Gasteiger partial charge is 0.266 e. The van der Waals surface area contributed by atoms with Crippen molar-refractivity contribution in [3.8, 4) is 11.4 Å². The van der Waals surface area contributed by atoms with Crippen LogP contribution in [0.5, 0.6) is 0 Å². The largest absolute Gasteiger partial charge is 0.399 e. The van der Waals surface area contributed by atoms with Gasteiger partial charge in [-0.15, -0.1) is 0 Å².